The molecule has 1 nitrogen and oxygen atoms in total. The average Bonchev–Trinajstić information content (AvgIpc) is 2.20. The van der Waals surface area contributed by atoms with Crippen molar-refractivity contribution in [3.05, 3.63) is 34.9 Å². The molecule has 1 aromatic carbocycles. The smallest absolute Gasteiger partial charge is 0.146 e. The van der Waals surface area contributed by atoms with Gasteiger partial charge in [0.05, 0.1) is 4.83 Å². The third-order valence-corrected chi connectivity index (χ3v) is 3.26. The molecule has 1 atom stereocenters. The van der Waals surface area contributed by atoms with Crippen LogP contribution in [0.25, 0.3) is 0 Å². The molecule has 0 aromatic heterocycles. The first-order valence-corrected chi connectivity index (χ1v) is 5.84. The maximum absolute atomic E-state index is 11.3. The Balaban J connectivity index is 2.69. The van der Waals surface area contributed by atoms with Gasteiger partial charge in [0, 0.05) is 11.4 Å². The van der Waals surface area contributed by atoms with Crippen molar-refractivity contribution >= 4 is 33.3 Å². The Labute approximate surface area is 97.6 Å². The van der Waals surface area contributed by atoms with Gasteiger partial charge in [-0.15, -0.1) is 0 Å². The van der Waals surface area contributed by atoms with Crippen LogP contribution in [-0.4, -0.2) is 10.6 Å². The summed E-state index contributed by atoms with van der Waals surface area (Å²) in [6, 6.07) is 7.60. The summed E-state index contributed by atoms with van der Waals surface area (Å²) in [6.45, 7) is 1.86. The number of alkyl halides is 1. The Hall–Kier alpha value is -0.340. The van der Waals surface area contributed by atoms with E-state index >= 15 is 0 Å². The first-order valence-electron chi connectivity index (χ1n) is 4.55. The van der Waals surface area contributed by atoms with E-state index < -0.39 is 0 Å². The zero-order chi connectivity index (χ0) is 10.6. The Morgan fingerprint density at radius 1 is 1.50 bits per heavy atom. The SMILES string of the molecule is CCC(=O)C(Br)Cc1ccccc1Cl. The molecule has 0 bridgehead atoms. The van der Waals surface area contributed by atoms with Crippen molar-refractivity contribution in [2.45, 2.75) is 24.6 Å². The first kappa shape index (κ1) is 11.7. The van der Waals surface area contributed by atoms with E-state index in [1.807, 2.05) is 31.2 Å². The molecule has 0 aliphatic heterocycles. The van der Waals surface area contributed by atoms with E-state index in [4.69, 9.17) is 11.6 Å². The highest BCUT2D eigenvalue weighted by atomic mass is 79.9. The summed E-state index contributed by atoms with van der Waals surface area (Å²) in [4.78, 5) is 11.2. The fraction of sp³-hybridized carbons (Fsp3) is 0.364. The van der Waals surface area contributed by atoms with Crippen molar-refractivity contribution in [3.8, 4) is 0 Å². The molecule has 0 aliphatic rings. The van der Waals surface area contributed by atoms with E-state index in [2.05, 4.69) is 15.9 Å². The van der Waals surface area contributed by atoms with Crippen LogP contribution in [0, 0.1) is 0 Å². The predicted molar refractivity (Wildman–Crippen MR) is 63.2 cm³/mol. The molecule has 14 heavy (non-hydrogen) atoms. The Bertz CT molecular complexity index is 325. The molecule has 1 unspecified atom stereocenters. The molecule has 1 aromatic rings. The van der Waals surface area contributed by atoms with E-state index in [1.54, 1.807) is 0 Å². The maximum Gasteiger partial charge on any atom is 0.146 e. The van der Waals surface area contributed by atoms with Gasteiger partial charge in [-0.05, 0) is 18.1 Å². The monoisotopic (exact) mass is 274 g/mol. The molecular weight excluding hydrogens is 263 g/mol. The summed E-state index contributed by atoms with van der Waals surface area (Å²) in [5.74, 6) is 0.213. The average molecular weight is 276 g/mol. The molecule has 0 saturated carbocycles. The second-order valence-electron chi connectivity index (χ2n) is 3.08. The van der Waals surface area contributed by atoms with Gasteiger partial charge in [0.2, 0.25) is 0 Å². The summed E-state index contributed by atoms with van der Waals surface area (Å²) < 4.78 is 0. The summed E-state index contributed by atoms with van der Waals surface area (Å²) in [5, 5.41) is 0.723. The Morgan fingerprint density at radius 3 is 2.71 bits per heavy atom. The number of hydrogen-bond donors (Lipinski definition) is 0. The van der Waals surface area contributed by atoms with E-state index in [0.29, 0.717) is 12.8 Å². The topological polar surface area (TPSA) is 17.1 Å². The third-order valence-electron chi connectivity index (χ3n) is 2.05. The lowest BCUT2D eigenvalue weighted by atomic mass is 10.1. The van der Waals surface area contributed by atoms with E-state index in [9.17, 15) is 4.79 Å². The maximum atomic E-state index is 11.3. The zero-order valence-corrected chi connectivity index (χ0v) is 10.3. The van der Waals surface area contributed by atoms with Gasteiger partial charge < -0.3 is 0 Å². The fourth-order valence-electron chi connectivity index (χ4n) is 1.19. The highest BCUT2D eigenvalue weighted by Crippen LogP contribution is 2.20. The molecule has 0 spiro atoms. The van der Waals surface area contributed by atoms with Crippen molar-refractivity contribution in [2.24, 2.45) is 0 Å². The van der Waals surface area contributed by atoms with E-state index in [-0.39, 0.29) is 10.6 Å². The second-order valence-corrected chi connectivity index (χ2v) is 4.60. The zero-order valence-electron chi connectivity index (χ0n) is 7.97. The van der Waals surface area contributed by atoms with Crippen LogP contribution in [0.4, 0.5) is 0 Å². The van der Waals surface area contributed by atoms with Gasteiger partial charge in [-0.25, -0.2) is 0 Å². The van der Waals surface area contributed by atoms with Crippen molar-refractivity contribution < 1.29 is 4.79 Å². The molecular formula is C11H12BrClO. The normalized spacial score (nSPS) is 12.5. The van der Waals surface area contributed by atoms with Gasteiger partial charge in [0.15, 0.2) is 0 Å². The van der Waals surface area contributed by atoms with Gasteiger partial charge >= 0.3 is 0 Å². The van der Waals surface area contributed by atoms with Crippen LogP contribution in [0.2, 0.25) is 5.02 Å². The van der Waals surface area contributed by atoms with Gasteiger partial charge in [0.1, 0.15) is 5.78 Å². The van der Waals surface area contributed by atoms with Crippen LogP contribution in [-0.2, 0) is 11.2 Å². The molecule has 0 saturated heterocycles. The minimum absolute atomic E-state index is 0.118. The summed E-state index contributed by atoms with van der Waals surface area (Å²) in [6.07, 6.45) is 1.21. The molecule has 1 rings (SSSR count). The minimum Gasteiger partial charge on any atom is -0.298 e. The Kier molecular flexibility index (Phi) is 4.63. The fourth-order valence-corrected chi connectivity index (χ4v) is 2.08. The standard InChI is InChI=1S/C11H12BrClO/c1-2-11(14)9(12)7-8-5-3-4-6-10(8)13/h3-6,9H,2,7H2,1H3. The quantitative estimate of drug-likeness (QED) is 0.767. The molecule has 0 amide bonds. The van der Waals surface area contributed by atoms with Gasteiger partial charge in [-0.2, -0.15) is 0 Å². The van der Waals surface area contributed by atoms with Crippen LogP contribution >= 0.6 is 27.5 Å². The van der Waals surface area contributed by atoms with E-state index in [1.165, 1.54) is 0 Å². The lowest BCUT2D eigenvalue weighted by Gasteiger charge is -2.08. The molecule has 0 heterocycles. The number of hydrogen-bond acceptors (Lipinski definition) is 1. The molecule has 0 N–H and O–H groups in total. The largest absolute Gasteiger partial charge is 0.298 e. The van der Waals surface area contributed by atoms with Crippen LogP contribution in [0.3, 0.4) is 0 Å². The molecule has 3 heteroatoms. The highest BCUT2D eigenvalue weighted by Gasteiger charge is 2.14. The highest BCUT2D eigenvalue weighted by molar-refractivity contribution is 9.10. The van der Waals surface area contributed by atoms with Crippen LogP contribution in [0.15, 0.2) is 24.3 Å². The Morgan fingerprint density at radius 2 is 2.14 bits per heavy atom. The number of Topliss-reactive ketones (excluding diaryl/α,β-unsaturated/α-hetero) is 1. The summed E-state index contributed by atoms with van der Waals surface area (Å²) >= 11 is 9.35. The lowest BCUT2D eigenvalue weighted by molar-refractivity contribution is -0.118. The lowest BCUT2D eigenvalue weighted by Crippen LogP contribution is -2.15. The molecule has 0 aliphatic carbocycles. The number of ketones is 1. The summed E-state index contributed by atoms with van der Waals surface area (Å²) in [7, 11) is 0. The van der Waals surface area contributed by atoms with Gasteiger partial charge in [0.25, 0.3) is 0 Å². The molecule has 76 valence electrons. The van der Waals surface area contributed by atoms with E-state index in [0.717, 1.165) is 10.6 Å². The summed E-state index contributed by atoms with van der Waals surface area (Å²) in [5.41, 5.74) is 1.01. The third kappa shape index (κ3) is 3.10. The van der Waals surface area contributed by atoms with Crippen molar-refractivity contribution in [1.82, 2.24) is 0 Å². The van der Waals surface area contributed by atoms with Crippen LogP contribution in [0.1, 0.15) is 18.9 Å². The van der Waals surface area contributed by atoms with Crippen LogP contribution in [0.5, 0.6) is 0 Å². The van der Waals surface area contributed by atoms with Crippen LogP contribution < -0.4 is 0 Å². The van der Waals surface area contributed by atoms with Gasteiger partial charge in [-0.3, -0.25) is 4.79 Å². The first-order chi connectivity index (χ1) is 6.65. The number of rotatable bonds is 4. The molecule has 0 radical (unpaired) electrons. The van der Waals surface area contributed by atoms with Crippen molar-refractivity contribution in [2.75, 3.05) is 0 Å². The predicted octanol–water partition coefficient (Wildman–Crippen LogP) is 3.63. The van der Waals surface area contributed by atoms with Crippen molar-refractivity contribution in [3.63, 3.8) is 0 Å². The molecule has 0 fully saturated rings. The second kappa shape index (κ2) is 5.52. The van der Waals surface area contributed by atoms with Crippen molar-refractivity contribution in [1.29, 1.82) is 0 Å². The van der Waals surface area contributed by atoms with Gasteiger partial charge in [-0.1, -0.05) is 52.7 Å². The minimum atomic E-state index is -0.118. The number of halogens is 2. The number of carbonyl (C=O) groups is 1. The number of benzene rings is 1. The number of carbonyl (C=O) groups excluding carboxylic acids is 1.